The molecule has 1 aromatic rings. The quantitative estimate of drug-likeness (QED) is 0.733. The lowest BCUT2D eigenvalue weighted by molar-refractivity contribution is 0.309. The molecule has 0 amide bonds. The zero-order valence-corrected chi connectivity index (χ0v) is 10.3. The van der Waals surface area contributed by atoms with Crippen LogP contribution >= 0.6 is 0 Å². The fraction of sp³-hybridized carbons (Fsp3) is 0.615. The maximum atomic E-state index is 4.70. The molecule has 4 heteroatoms. The molecule has 3 heterocycles. The summed E-state index contributed by atoms with van der Waals surface area (Å²) in [6.45, 7) is 3.01. The normalized spacial score (nSPS) is 20.9. The van der Waals surface area contributed by atoms with Crippen molar-refractivity contribution in [2.24, 2.45) is 4.99 Å². The van der Waals surface area contributed by atoms with Gasteiger partial charge in [0.25, 0.3) is 0 Å². The van der Waals surface area contributed by atoms with Gasteiger partial charge in [-0.25, -0.2) is 9.97 Å². The maximum Gasteiger partial charge on any atom is 0.173 e. The third-order valence-electron chi connectivity index (χ3n) is 3.51. The van der Waals surface area contributed by atoms with Gasteiger partial charge in [0, 0.05) is 37.8 Å². The highest BCUT2D eigenvalue weighted by Crippen LogP contribution is 2.17. The molecule has 0 unspecified atom stereocenters. The van der Waals surface area contributed by atoms with Gasteiger partial charge >= 0.3 is 0 Å². The molecule has 0 spiro atoms. The lowest BCUT2D eigenvalue weighted by Crippen LogP contribution is -2.28. The van der Waals surface area contributed by atoms with Crippen molar-refractivity contribution in [3.05, 3.63) is 23.3 Å². The molecule has 0 bridgehead atoms. The van der Waals surface area contributed by atoms with E-state index >= 15 is 0 Å². The Hall–Kier alpha value is -1.29. The van der Waals surface area contributed by atoms with Crippen molar-refractivity contribution in [1.29, 1.82) is 0 Å². The molecule has 0 aliphatic carbocycles. The second-order valence-corrected chi connectivity index (χ2v) is 4.94. The van der Waals surface area contributed by atoms with E-state index < -0.39 is 0 Å². The second kappa shape index (κ2) is 4.53. The van der Waals surface area contributed by atoms with Crippen LogP contribution in [0.25, 0.3) is 0 Å². The van der Waals surface area contributed by atoms with Gasteiger partial charge in [-0.1, -0.05) is 0 Å². The number of aromatic nitrogens is 2. The Kier molecular flexibility index (Phi) is 2.89. The lowest BCUT2D eigenvalue weighted by atomic mass is 10.1. The Bertz CT molecular complexity index is 453. The third kappa shape index (κ3) is 2.22. The summed E-state index contributed by atoms with van der Waals surface area (Å²) in [7, 11) is 2.14. The van der Waals surface area contributed by atoms with Gasteiger partial charge in [0.2, 0.25) is 0 Å². The van der Waals surface area contributed by atoms with Crippen LogP contribution in [0.1, 0.15) is 36.3 Å². The summed E-state index contributed by atoms with van der Waals surface area (Å²) in [4.78, 5) is 16.0. The molecular formula is C13H18N4. The van der Waals surface area contributed by atoms with Crippen molar-refractivity contribution in [2.45, 2.75) is 32.2 Å². The molecule has 0 aromatic carbocycles. The Labute approximate surface area is 102 Å². The van der Waals surface area contributed by atoms with Crippen LogP contribution in [0, 0.1) is 0 Å². The Morgan fingerprint density at radius 3 is 3.00 bits per heavy atom. The van der Waals surface area contributed by atoms with Crippen LogP contribution in [0.3, 0.4) is 0 Å². The van der Waals surface area contributed by atoms with Crippen molar-refractivity contribution in [3.8, 4) is 0 Å². The van der Waals surface area contributed by atoms with Crippen LogP contribution in [0.2, 0.25) is 0 Å². The molecule has 0 atom stereocenters. The fourth-order valence-corrected chi connectivity index (χ4v) is 2.48. The maximum absolute atomic E-state index is 4.70. The standard InChI is InChI=1S/C13H18N4/c1-17-7-5-11-10(9-17)8-15-13(16-11)12-4-2-3-6-14-12/h8H,2-7,9H2,1H3. The van der Waals surface area contributed by atoms with Crippen LogP contribution in [-0.4, -0.2) is 40.7 Å². The molecule has 90 valence electrons. The van der Waals surface area contributed by atoms with Gasteiger partial charge in [-0.2, -0.15) is 0 Å². The van der Waals surface area contributed by atoms with E-state index in [0.717, 1.165) is 44.0 Å². The Balaban J connectivity index is 1.90. The lowest BCUT2D eigenvalue weighted by Gasteiger charge is -2.24. The average molecular weight is 230 g/mol. The van der Waals surface area contributed by atoms with Crippen LogP contribution in [0.15, 0.2) is 11.2 Å². The van der Waals surface area contributed by atoms with E-state index in [4.69, 9.17) is 4.98 Å². The summed E-state index contributed by atoms with van der Waals surface area (Å²) < 4.78 is 0. The Morgan fingerprint density at radius 2 is 2.18 bits per heavy atom. The molecule has 4 nitrogen and oxygen atoms in total. The zero-order valence-electron chi connectivity index (χ0n) is 10.3. The van der Waals surface area contributed by atoms with Crippen molar-refractivity contribution < 1.29 is 0 Å². The zero-order chi connectivity index (χ0) is 11.7. The molecule has 2 aliphatic rings. The summed E-state index contributed by atoms with van der Waals surface area (Å²) in [6.07, 6.45) is 6.50. The number of hydrogen-bond donors (Lipinski definition) is 0. The first-order valence-corrected chi connectivity index (χ1v) is 6.40. The minimum atomic E-state index is 0.869. The number of hydrogen-bond acceptors (Lipinski definition) is 4. The highest BCUT2D eigenvalue weighted by molar-refractivity contribution is 5.97. The van der Waals surface area contributed by atoms with Crippen LogP contribution in [-0.2, 0) is 13.0 Å². The topological polar surface area (TPSA) is 41.4 Å². The van der Waals surface area contributed by atoms with E-state index in [2.05, 4.69) is 21.9 Å². The SMILES string of the molecule is CN1CCc2nc(C3=NCCCC3)ncc2C1. The van der Waals surface area contributed by atoms with E-state index in [1.54, 1.807) is 0 Å². The van der Waals surface area contributed by atoms with Gasteiger partial charge < -0.3 is 4.90 Å². The van der Waals surface area contributed by atoms with Gasteiger partial charge in [-0.15, -0.1) is 0 Å². The number of nitrogens with zero attached hydrogens (tertiary/aromatic N) is 4. The van der Waals surface area contributed by atoms with E-state index in [-0.39, 0.29) is 0 Å². The molecule has 0 N–H and O–H groups in total. The third-order valence-corrected chi connectivity index (χ3v) is 3.51. The molecule has 0 saturated carbocycles. The molecule has 3 rings (SSSR count). The number of fused-ring (bicyclic) bond motifs is 1. The van der Waals surface area contributed by atoms with Crippen molar-refractivity contribution in [2.75, 3.05) is 20.1 Å². The largest absolute Gasteiger partial charge is 0.302 e. The molecule has 2 aliphatic heterocycles. The highest BCUT2D eigenvalue weighted by Gasteiger charge is 2.17. The first-order valence-electron chi connectivity index (χ1n) is 6.40. The molecule has 0 saturated heterocycles. The van der Waals surface area contributed by atoms with E-state index in [0.29, 0.717) is 0 Å². The smallest absolute Gasteiger partial charge is 0.173 e. The van der Waals surface area contributed by atoms with Crippen molar-refractivity contribution in [1.82, 2.24) is 14.9 Å². The molecule has 17 heavy (non-hydrogen) atoms. The van der Waals surface area contributed by atoms with Crippen LogP contribution in [0.5, 0.6) is 0 Å². The fourth-order valence-electron chi connectivity index (χ4n) is 2.48. The van der Waals surface area contributed by atoms with Crippen molar-refractivity contribution in [3.63, 3.8) is 0 Å². The van der Waals surface area contributed by atoms with Crippen molar-refractivity contribution >= 4 is 5.71 Å². The van der Waals surface area contributed by atoms with Gasteiger partial charge in [0.1, 0.15) is 0 Å². The monoisotopic (exact) mass is 230 g/mol. The first kappa shape index (κ1) is 10.8. The summed E-state index contributed by atoms with van der Waals surface area (Å²) >= 11 is 0. The summed E-state index contributed by atoms with van der Waals surface area (Å²) in [5.41, 5.74) is 3.61. The second-order valence-electron chi connectivity index (χ2n) is 4.94. The molecule has 1 aromatic heterocycles. The number of likely N-dealkylation sites (N-methyl/N-ethyl adjacent to an activating group) is 1. The minimum absolute atomic E-state index is 0.869. The molecule has 0 fully saturated rings. The first-order chi connectivity index (χ1) is 8.33. The summed E-state index contributed by atoms with van der Waals surface area (Å²) in [6, 6.07) is 0. The molecule has 0 radical (unpaired) electrons. The van der Waals surface area contributed by atoms with E-state index in [9.17, 15) is 0 Å². The number of rotatable bonds is 1. The predicted octanol–water partition coefficient (Wildman–Crippen LogP) is 1.44. The Morgan fingerprint density at radius 1 is 1.24 bits per heavy atom. The van der Waals surface area contributed by atoms with Gasteiger partial charge in [-0.3, -0.25) is 4.99 Å². The highest BCUT2D eigenvalue weighted by atomic mass is 15.1. The summed E-state index contributed by atoms with van der Waals surface area (Å²) in [5, 5.41) is 0. The van der Waals surface area contributed by atoms with E-state index in [1.165, 1.54) is 24.1 Å². The van der Waals surface area contributed by atoms with Gasteiger partial charge in [0.15, 0.2) is 5.82 Å². The molecular weight excluding hydrogens is 212 g/mol. The van der Waals surface area contributed by atoms with Crippen LogP contribution < -0.4 is 0 Å². The van der Waals surface area contributed by atoms with E-state index in [1.807, 2.05) is 6.20 Å². The van der Waals surface area contributed by atoms with Gasteiger partial charge in [-0.05, 0) is 26.3 Å². The summed E-state index contributed by atoms with van der Waals surface area (Å²) in [5.74, 6) is 0.869. The van der Waals surface area contributed by atoms with Crippen LogP contribution in [0.4, 0.5) is 0 Å². The minimum Gasteiger partial charge on any atom is -0.302 e. The predicted molar refractivity (Wildman–Crippen MR) is 67.3 cm³/mol. The number of aliphatic imine (C=N–C) groups is 1. The van der Waals surface area contributed by atoms with Gasteiger partial charge in [0.05, 0.1) is 11.4 Å². The average Bonchev–Trinajstić information content (AvgIpc) is 2.39.